The lowest BCUT2D eigenvalue weighted by Gasteiger charge is -1.98. The molecule has 0 saturated carbocycles. The second-order valence-electron chi connectivity index (χ2n) is 2.73. The van der Waals surface area contributed by atoms with Crippen LogP contribution >= 0.6 is 12.4 Å². The second-order valence-corrected chi connectivity index (χ2v) is 2.73. The van der Waals surface area contributed by atoms with Crippen molar-refractivity contribution in [3.63, 3.8) is 0 Å². The molecule has 0 atom stereocenters. The van der Waals surface area contributed by atoms with E-state index in [0.717, 1.165) is 0 Å². The van der Waals surface area contributed by atoms with Crippen LogP contribution in [-0.4, -0.2) is 7.05 Å². The predicted molar refractivity (Wildman–Crippen MR) is 69.2 cm³/mol. The molecule has 0 aliphatic rings. The molecule has 0 spiro atoms. The fourth-order valence-electron chi connectivity index (χ4n) is 1.26. The minimum atomic E-state index is 0. The van der Waals surface area contributed by atoms with Gasteiger partial charge in [0.25, 0.3) is 0 Å². The van der Waals surface area contributed by atoms with Crippen LogP contribution in [0.4, 0.5) is 0 Å². The van der Waals surface area contributed by atoms with Crippen molar-refractivity contribution in [2.75, 3.05) is 7.05 Å². The van der Waals surface area contributed by atoms with Crippen molar-refractivity contribution in [3.05, 3.63) is 60.7 Å². The van der Waals surface area contributed by atoms with Crippen molar-refractivity contribution in [2.45, 2.75) is 0 Å². The van der Waals surface area contributed by atoms with Gasteiger partial charge < -0.3 is 5.73 Å². The molecular weight excluding hydrogens is 206 g/mol. The standard InChI is InChI=1S/C12H10.CH5N.ClH/c1-3-7-11(8-4-1)12-9-5-2-6-10-12;1-2;/h1-10H;2H2,1H3;1H. The lowest BCUT2D eigenvalue weighted by molar-refractivity contribution is 1.48. The van der Waals surface area contributed by atoms with E-state index in [2.05, 4.69) is 54.3 Å². The molecule has 0 unspecified atom stereocenters. The number of rotatable bonds is 1. The molecule has 2 aromatic carbocycles. The molecule has 15 heavy (non-hydrogen) atoms. The maximum atomic E-state index is 4.50. The molecular formula is C13H16ClN. The average Bonchev–Trinajstić information content (AvgIpc) is 2.34. The van der Waals surface area contributed by atoms with Gasteiger partial charge in [-0.25, -0.2) is 0 Å². The van der Waals surface area contributed by atoms with E-state index in [9.17, 15) is 0 Å². The van der Waals surface area contributed by atoms with Crippen molar-refractivity contribution in [1.82, 2.24) is 0 Å². The number of benzene rings is 2. The van der Waals surface area contributed by atoms with Gasteiger partial charge in [0.1, 0.15) is 0 Å². The Hall–Kier alpha value is -1.31. The van der Waals surface area contributed by atoms with Crippen molar-refractivity contribution in [2.24, 2.45) is 5.73 Å². The molecule has 0 amide bonds. The molecule has 2 rings (SSSR count). The van der Waals surface area contributed by atoms with Gasteiger partial charge in [-0.2, -0.15) is 0 Å². The zero-order valence-corrected chi connectivity index (χ0v) is 9.58. The summed E-state index contributed by atoms with van der Waals surface area (Å²) in [5.74, 6) is 0. The molecule has 0 radical (unpaired) electrons. The van der Waals surface area contributed by atoms with E-state index in [1.54, 1.807) is 0 Å². The van der Waals surface area contributed by atoms with Gasteiger partial charge >= 0.3 is 0 Å². The molecule has 0 aromatic heterocycles. The van der Waals surface area contributed by atoms with Gasteiger partial charge in [-0.15, -0.1) is 12.4 Å². The Morgan fingerprint density at radius 3 is 1.13 bits per heavy atom. The summed E-state index contributed by atoms with van der Waals surface area (Å²) in [6, 6.07) is 20.8. The first-order chi connectivity index (χ1) is 6.97. The quantitative estimate of drug-likeness (QED) is 0.785. The van der Waals surface area contributed by atoms with Gasteiger partial charge in [-0.1, -0.05) is 60.7 Å². The lowest BCUT2D eigenvalue weighted by atomic mass is 10.1. The minimum Gasteiger partial charge on any atom is -0.333 e. The van der Waals surface area contributed by atoms with Crippen LogP contribution in [0, 0.1) is 0 Å². The second kappa shape index (κ2) is 8.04. The third-order valence-electron chi connectivity index (χ3n) is 1.88. The lowest BCUT2D eigenvalue weighted by Crippen LogP contribution is -1.73. The van der Waals surface area contributed by atoms with Gasteiger partial charge in [-0.3, -0.25) is 0 Å². The minimum absolute atomic E-state index is 0. The van der Waals surface area contributed by atoms with E-state index in [-0.39, 0.29) is 12.4 Å². The predicted octanol–water partition coefficient (Wildman–Crippen LogP) is 3.35. The highest BCUT2D eigenvalue weighted by Gasteiger charge is 1.91. The summed E-state index contributed by atoms with van der Waals surface area (Å²) in [4.78, 5) is 0. The molecule has 1 nitrogen and oxygen atoms in total. The summed E-state index contributed by atoms with van der Waals surface area (Å²) < 4.78 is 0. The molecule has 0 heterocycles. The topological polar surface area (TPSA) is 26.0 Å². The van der Waals surface area contributed by atoms with Crippen molar-refractivity contribution in [3.8, 4) is 11.1 Å². The third-order valence-corrected chi connectivity index (χ3v) is 1.88. The van der Waals surface area contributed by atoms with Crippen LogP contribution in [-0.2, 0) is 0 Å². The van der Waals surface area contributed by atoms with E-state index in [1.165, 1.54) is 18.2 Å². The number of halogens is 1. The van der Waals surface area contributed by atoms with E-state index >= 15 is 0 Å². The van der Waals surface area contributed by atoms with Crippen LogP contribution in [0.2, 0.25) is 0 Å². The Kier molecular flexibility index (Phi) is 7.33. The largest absolute Gasteiger partial charge is 0.333 e. The summed E-state index contributed by atoms with van der Waals surface area (Å²) in [6.45, 7) is 0. The monoisotopic (exact) mass is 221 g/mol. The Balaban J connectivity index is 0.000000617. The van der Waals surface area contributed by atoms with E-state index < -0.39 is 0 Å². The van der Waals surface area contributed by atoms with Crippen LogP contribution in [0.1, 0.15) is 0 Å². The molecule has 80 valence electrons. The maximum absolute atomic E-state index is 4.50. The fourth-order valence-corrected chi connectivity index (χ4v) is 1.26. The number of nitrogens with two attached hydrogens (primary N) is 1. The highest BCUT2D eigenvalue weighted by molar-refractivity contribution is 5.85. The molecule has 0 saturated heterocycles. The smallest absolute Gasteiger partial charge is 0.0184 e. The highest BCUT2D eigenvalue weighted by atomic mass is 35.5. The van der Waals surface area contributed by atoms with Gasteiger partial charge in [-0.05, 0) is 18.2 Å². The zero-order chi connectivity index (χ0) is 10.2. The first-order valence-corrected chi connectivity index (χ1v) is 4.65. The number of hydrogen-bond donors (Lipinski definition) is 1. The average molecular weight is 222 g/mol. The highest BCUT2D eigenvalue weighted by Crippen LogP contribution is 2.17. The summed E-state index contributed by atoms with van der Waals surface area (Å²) in [6.07, 6.45) is 0. The zero-order valence-electron chi connectivity index (χ0n) is 8.76. The normalized spacial score (nSPS) is 8.13. The van der Waals surface area contributed by atoms with Crippen LogP contribution in [0.25, 0.3) is 11.1 Å². The first-order valence-electron chi connectivity index (χ1n) is 4.65. The Morgan fingerprint density at radius 1 is 0.600 bits per heavy atom. The molecule has 2 N–H and O–H groups in total. The maximum Gasteiger partial charge on any atom is -0.0184 e. The molecule has 0 aliphatic heterocycles. The van der Waals surface area contributed by atoms with Gasteiger partial charge in [0, 0.05) is 0 Å². The molecule has 2 aromatic rings. The summed E-state index contributed by atoms with van der Waals surface area (Å²) >= 11 is 0. The third kappa shape index (κ3) is 4.15. The van der Waals surface area contributed by atoms with E-state index in [0.29, 0.717) is 0 Å². The van der Waals surface area contributed by atoms with Crippen molar-refractivity contribution < 1.29 is 0 Å². The summed E-state index contributed by atoms with van der Waals surface area (Å²) in [5.41, 5.74) is 7.05. The van der Waals surface area contributed by atoms with Crippen LogP contribution in [0.15, 0.2) is 60.7 Å². The number of hydrogen-bond acceptors (Lipinski definition) is 1. The summed E-state index contributed by atoms with van der Waals surface area (Å²) in [5, 5.41) is 0. The fraction of sp³-hybridized carbons (Fsp3) is 0.0769. The molecule has 2 heteroatoms. The summed E-state index contributed by atoms with van der Waals surface area (Å²) in [7, 11) is 1.50. The first kappa shape index (κ1) is 13.7. The van der Waals surface area contributed by atoms with Crippen molar-refractivity contribution >= 4 is 12.4 Å². The Morgan fingerprint density at radius 2 is 0.867 bits per heavy atom. The van der Waals surface area contributed by atoms with E-state index in [4.69, 9.17) is 0 Å². The van der Waals surface area contributed by atoms with Gasteiger partial charge in [0.15, 0.2) is 0 Å². The van der Waals surface area contributed by atoms with Crippen LogP contribution in [0.5, 0.6) is 0 Å². The van der Waals surface area contributed by atoms with Gasteiger partial charge in [0.05, 0.1) is 0 Å². The molecule has 0 fully saturated rings. The SMILES string of the molecule is CN.Cl.c1ccc(-c2ccccc2)cc1. The Labute approximate surface area is 97.4 Å². The molecule has 0 bridgehead atoms. The molecule has 0 aliphatic carbocycles. The van der Waals surface area contributed by atoms with Crippen LogP contribution < -0.4 is 5.73 Å². The van der Waals surface area contributed by atoms with E-state index in [1.807, 2.05) is 12.1 Å². The van der Waals surface area contributed by atoms with Crippen molar-refractivity contribution in [1.29, 1.82) is 0 Å². The Bertz CT molecular complexity index is 308. The van der Waals surface area contributed by atoms with Gasteiger partial charge in [0.2, 0.25) is 0 Å². The van der Waals surface area contributed by atoms with Crippen LogP contribution in [0.3, 0.4) is 0 Å².